The minimum Gasteiger partial charge on any atom is -0.490 e. The van der Waals surface area contributed by atoms with Gasteiger partial charge in [0.2, 0.25) is 11.6 Å². The molecule has 0 unspecified atom stereocenters. The second-order valence-corrected chi connectivity index (χ2v) is 18.0. The average Bonchev–Trinajstić information content (AvgIpc) is 4.43. The van der Waals surface area contributed by atoms with Gasteiger partial charge >= 0.3 is 5.97 Å². The summed E-state index contributed by atoms with van der Waals surface area (Å²) >= 11 is 0. The zero-order valence-corrected chi connectivity index (χ0v) is 49.1. The maximum absolute atomic E-state index is 12.5. The maximum atomic E-state index is 12.5. The highest BCUT2D eigenvalue weighted by atomic mass is 16.5. The minimum absolute atomic E-state index is 0.0951. The summed E-state index contributed by atoms with van der Waals surface area (Å²) in [6, 6.07) is 23.1. The van der Waals surface area contributed by atoms with Gasteiger partial charge in [0.15, 0.2) is 34.5 Å². The molecule has 1 amide bonds. The SMILES string of the molecule is CCOc1ccc(-c2nc(-c3ccnc(CCCCN(CC)CC)c3)no2)cc1OCC.CCOc1ccc(-c2nc(-c3cncc(CO)c3)no2)cc1OCC.CCOc1ccc(C(=O)NC(=N)c2cncc(C(=O)OC)c2)cc1OCC. The van der Waals surface area contributed by atoms with Crippen molar-refractivity contribution in [2.45, 2.75) is 81.3 Å². The summed E-state index contributed by atoms with van der Waals surface area (Å²) in [4.78, 5) is 48.0. The van der Waals surface area contributed by atoms with Crippen LogP contribution in [0.2, 0.25) is 0 Å². The summed E-state index contributed by atoms with van der Waals surface area (Å²) in [5.74, 6) is 4.19. The molecule has 3 aromatic carbocycles. The highest BCUT2D eigenvalue weighted by Gasteiger charge is 2.19. The molecule has 8 rings (SSSR count). The number of esters is 1. The Labute approximate surface area is 489 Å². The Balaban J connectivity index is 0.000000204. The molecule has 0 atom stereocenters. The van der Waals surface area contributed by atoms with E-state index in [1.165, 1.54) is 32.0 Å². The molecule has 0 bridgehead atoms. The lowest BCUT2D eigenvalue weighted by atomic mass is 10.1. The van der Waals surface area contributed by atoms with Crippen LogP contribution in [0.1, 0.15) is 106 Å². The van der Waals surface area contributed by atoms with E-state index in [2.05, 4.69) is 70.1 Å². The van der Waals surface area contributed by atoms with Crippen LogP contribution in [0, 0.1) is 5.41 Å². The van der Waals surface area contributed by atoms with Gasteiger partial charge in [-0.25, -0.2) is 4.79 Å². The molecule has 0 fully saturated rings. The van der Waals surface area contributed by atoms with Crippen LogP contribution in [0.15, 0.2) is 119 Å². The molecular formula is C62H74N10O12. The first-order valence-corrected chi connectivity index (χ1v) is 28.0. The number of unbranched alkanes of at least 4 members (excludes halogenated alkanes) is 1. The van der Waals surface area contributed by atoms with Gasteiger partial charge in [0.1, 0.15) is 5.84 Å². The number of rotatable bonds is 27. The van der Waals surface area contributed by atoms with Crippen LogP contribution in [-0.2, 0) is 17.8 Å². The molecule has 84 heavy (non-hydrogen) atoms. The number of hydrogen-bond donors (Lipinski definition) is 3. The van der Waals surface area contributed by atoms with E-state index in [0.717, 1.165) is 54.9 Å². The van der Waals surface area contributed by atoms with E-state index in [0.29, 0.717) is 114 Å². The van der Waals surface area contributed by atoms with Crippen LogP contribution in [0.3, 0.4) is 0 Å². The molecule has 0 aliphatic carbocycles. The number of methoxy groups -OCH3 is 1. The molecule has 0 radical (unpaired) electrons. The maximum Gasteiger partial charge on any atom is 0.339 e. The van der Waals surface area contributed by atoms with Crippen molar-refractivity contribution >= 4 is 17.7 Å². The number of nitrogens with one attached hydrogen (secondary N) is 2. The number of amides is 1. The van der Waals surface area contributed by atoms with Gasteiger partial charge in [-0.3, -0.25) is 25.2 Å². The Morgan fingerprint density at radius 3 is 1.63 bits per heavy atom. The summed E-state index contributed by atoms with van der Waals surface area (Å²) in [6.45, 7) is 22.2. The summed E-state index contributed by atoms with van der Waals surface area (Å²) in [5, 5.41) is 27.9. The number of aromatic nitrogens is 7. The van der Waals surface area contributed by atoms with Crippen molar-refractivity contribution in [3.05, 3.63) is 138 Å². The fourth-order valence-electron chi connectivity index (χ4n) is 8.17. The monoisotopic (exact) mass is 1150 g/mol. The van der Waals surface area contributed by atoms with Crippen molar-refractivity contribution in [1.82, 2.24) is 45.4 Å². The Hall–Kier alpha value is -9.28. The quantitative estimate of drug-likeness (QED) is 0.0187. The highest BCUT2D eigenvalue weighted by Crippen LogP contribution is 2.35. The summed E-state index contributed by atoms with van der Waals surface area (Å²) < 4.78 is 49.0. The van der Waals surface area contributed by atoms with Crippen molar-refractivity contribution in [1.29, 1.82) is 5.41 Å². The molecule has 0 spiro atoms. The zero-order valence-electron chi connectivity index (χ0n) is 49.1. The Kier molecular flexibility index (Phi) is 25.6. The molecule has 22 heteroatoms. The van der Waals surface area contributed by atoms with E-state index in [-0.39, 0.29) is 23.6 Å². The second-order valence-electron chi connectivity index (χ2n) is 18.0. The summed E-state index contributed by atoms with van der Waals surface area (Å²) in [7, 11) is 1.25. The van der Waals surface area contributed by atoms with Gasteiger partial charge in [-0.15, -0.1) is 0 Å². The van der Waals surface area contributed by atoms with Crippen molar-refractivity contribution < 1.29 is 56.9 Å². The predicted octanol–water partition coefficient (Wildman–Crippen LogP) is 10.8. The largest absolute Gasteiger partial charge is 0.490 e. The van der Waals surface area contributed by atoms with Crippen LogP contribution >= 0.6 is 0 Å². The van der Waals surface area contributed by atoms with Crippen molar-refractivity contribution in [3.63, 3.8) is 0 Å². The van der Waals surface area contributed by atoms with Crippen LogP contribution in [0.5, 0.6) is 34.5 Å². The first-order chi connectivity index (χ1) is 40.9. The number of hydrogen-bond acceptors (Lipinski definition) is 21. The number of ether oxygens (including phenoxy) is 7. The van der Waals surface area contributed by atoms with E-state index in [9.17, 15) is 14.7 Å². The lowest BCUT2D eigenvalue weighted by molar-refractivity contribution is 0.0600. The first-order valence-electron chi connectivity index (χ1n) is 28.0. The molecule has 22 nitrogen and oxygen atoms in total. The highest BCUT2D eigenvalue weighted by molar-refractivity contribution is 6.12. The minimum atomic E-state index is -0.573. The number of carbonyl (C=O) groups excluding carboxylic acids is 2. The van der Waals surface area contributed by atoms with Gasteiger partial charge in [0.25, 0.3) is 17.7 Å². The zero-order chi connectivity index (χ0) is 60.2. The number of amidine groups is 1. The van der Waals surface area contributed by atoms with Gasteiger partial charge in [0, 0.05) is 70.1 Å². The number of nitrogens with zero attached hydrogens (tertiary/aromatic N) is 8. The van der Waals surface area contributed by atoms with Crippen LogP contribution < -0.4 is 33.7 Å². The molecule has 0 saturated heterocycles. The predicted molar refractivity (Wildman–Crippen MR) is 316 cm³/mol. The Bertz CT molecular complexity index is 3360. The number of benzene rings is 3. The second kappa shape index (κ2) is 33.6. The fourth-order valence-corrected chi connectivity index (χ4v) is 8.17. The van der Waals surface area contributed by atoms with Gasteiger partial charge in [-0.05, 0) is 165 Å². The van der Waals surface area contributed by atoms with Crippen LogP contribution in [-0.4, -0.2) is 129 Å². The van der Waals surface area contributed by atoms with Crippen molar-refractivity contribution in [2.24, 2.45) is 0 Å². The smallest absolute Gasteiger partial charge is 0.339 e. The number of aliphatic hydroxyl groups is 1. The van der Waals surface area contributed by atoms with Crippen LogP contribution in [0.4, 0.5) is 0 Å². The van der Waals surface area contributed by atoms with Crippen LogP contribution in [0.25, 0.3) is 45.7 Å². The molecule has 8 aromatic rings. The third-order valence-electron chi connectivity index (χ3n) is 12.3. The van der Waals surface area contributed by atoms with Gasteiger partial charge in [0.05, 0.1) is 58.9 Å². The molecule has 0 aliphatic rings. The molecule has 444 valence electrons. The first kappa shape index (κ1) is 63.9. The number of carbonyl (C=O) groups is 2. The molecule has 5 aromatic heterocycles. The lowest BCUT2D eigenvalue weighted by Crippen LogP contribution is -2.30. The van der Waals surface area contributed by atoms with Crippen molar-refractivity contribution in [3.8, 4) is 80.2 Å². The van der Waals surface area contributed by atoms with E-state index in [1.807, 2.05) is 90.2 Å². The topological polar surface area (TPSA) is 275 Å². The average molecular weight is 1150 g/mol. The molecule has 0 aliphatic heterocycles. The van der Waals surface area contributed by atoms with Crippen molar-refractivity contribution in [2.75, 3.05) is 66.4 Å². The number of aryl methyl sites for hydroxylation is 1. The third-order valence-corrected chi connectivity index (χ3v) is 12.3. The standard InChI is InChI=1S/C25H34N4O3.C19H21N3O5.C18H19N3O4/c1-5-29(6-2)16-10-9-11-21-17-19(14-15-26-21)24-27-25(32-28-24)20-12-13-22(30-7-3)23(18-20)31-8-4;1-4-26-15-7-6-12(9-16(15)27-5-2)18(23)22-17(20)13-8-14(11-21-10-13)19(24)25-3;1-3-23-15-6-5-13(8-16(15)24-4-2)18-20-17(21-25-18)14-7-12(11-22)9-19-10-14/h12-15,17-18H,5-11,16H2,1-4H3;6-11H,4-5H2,1-3H3,(H2,20,22,23);5-10,22H,3-4,11H2,1-2H3. The Morgan fingerprint density at radius 1 is 0.560 bits per heavy atom. The van der Waals surface area contributed by atoms with Gasteiger partial charge in [-0.2, -0.15) is 9.97 Å². The fraction of sp³-hybridized carbons (Fsp3) is 0.355. The molecular weight excluding hydrogens is 1080 g/mol. The normalized spacial score (nSPS) is 10.7. The molecule has 3 N–H and O–H groups in total. The molecule has 0 saturated carbocycles. The Morgan fingerprint density at radius 2 is 1.08 bits per heavy atom. The van der Waals surface area contributed by atoms with E-state index >= 15 is 0 Å². The third kappa shape index (κ3) is 18.4. The number of aliphatic hydroxyl groups excluding tert-OH is 1. The summed E-state index contributed by atoms with van der Waals surface area (Å²) in [5.41, 5.74) is 5.62. The van der Waals surface area contributed by atoms with Gasteiger partial charge in [-0.1, -0.05) is 24.2 Å². The number of pyridine rings is 3. The van der Waals surface area contributed by atoms with E-state index in [1.54, 1.807) is 36.7 Å². The van der Waals surface area contributed by atoms with E-state index in [4.69, 9.17) is 42.9 Å². The molecule has 5 heterocycles. The van der Waals surface area contributed by atoms with E-state index < -0.39 is 11.9 Å². The summed E-state index contributed by atoms with van der Waals surface area (Å²) in [6.07, 6.45) is 10.9. The lowest BCUT2D eigenvalue weighted by Gasteiger charge is -2.17. The van der Waals surface area contributed by atoms with Gasteiger partial charge < -0.3 is 57.5 Å².